The highest BCUT2D eigenvalue weighted by Crippen LogP contribution is 1.93. The van der Waals surface area contributed by atoms with Crippen molar-refractivity contribution in [3.8, 4) is 12.3 Å². The minimum Gasteiger partial charge on any atom is -0.345 e. The molecule has 1 rings (SSSR count). The van der Waals surface area contributed by atoms with Crippen molar-refractivity contribution >= 4 is 0 Å². The minimum absolute atomic E-state index is 0.771. The van der Waals surface area contributed by atoms with Crippen molar-refractivity contribution in [2.45, 2.75) is 19.9 Å². The molecular weight excluding hydrogens is 150 g/mol. The number of hydrogen-bond donors (Lipinski definition) is 2. The van der Waals surface area contributed by atoms with Crippen LogP contribution in [0.1, 0.15) is 17.9 Å². The van der Waals surface area contributed by atoms with Gasteiger partial charge in [-0.05, 0) is 6.92 Å². The molecule has 3 nitrogen and oxygen atoms in total. The summed E-state index contributed by atoms with van der Waals surface area (Å²) in [4.78, 5) is 7.21. The second-order valence-corrected chi connectivity index (χ2v) is 2.62. The van der Waals surface area contributed by atoms with Gasteiger partial charge in [0.05, 0.1) is 0 Å². The van der Waals surface area contributed by atoms with E-state index >= 15 is 0 Å². The molecule has 1 heterocycles. The average Bonchev–Trinajstić information content (AvgIpc) is 2.45. The third kappa shape index (κ3) is 2.77. The Morgan fingerprint density at radius 3 is 3.17 bits per heavy atom. The Balaban J connectivity index is 2.21. The number of nitrogens with zero attached hydrogens (tertiary/aromatic N) is 1. The summed E-state index contributed by atoms with van der Waals surface area (Å²) in [5.41, 5.74) is 1.10. The first-order chi connectivity index (χ1) is 5.83. The van der Waals surface area contributed by atoms with Crippen LogP contribution < -0.4 is 5.32 Å². The Hall–Kier alpha value is -1.27. The number of nitrogens with one attached hydrogen (secondary N) is 2. The van der Waals surface area contributed by atoms with E-state index in [1.165, 1.54) is 0 Å². The standard InChI is InChI=1S/C9H13N3/c1-3-4-5-10-6-9-7-11-8(2)12-9/h1,7,10H,4-6H2,2H3,(H,11,12). The van der Waals surface area contributed by atoms with Gasteiger partial charge in [-0.2, -0.15) is 0 Å². The maximum atomic E-state index is 5.10. The number of aryl methyl sites for hydroxylation is 1. The normalized spacial score (nSPS) is 9.67. The summed E-state index contributed by atoms with van der Waals surface area (Å²) in [7, 11) is 0. The summed E-state index contributed by atoms with van der Waals surface area (Å²) in [6.07, 6.45) is 7.70. The molecule has 0 spiro atoms. The minimum atomic E-state index is 0.771. The quantitative estimate of drug-likeness (QED) is 0.510. The Bertz CT molecular complexity index is 270. The average molecular weight is 163 g/mol. The van der Waals surface area contributed by atoms with Crippen LogP contribution in [-0.4, -0.2) is 16.5 Å². The van der Waals surface area contributed by atoms with Crippen LogP contribution in [0.4, 0.5) is 0 Å². The highest BCUT2D eigenvalue weighted by atomic mass is 14.9. The van der Waals surface area contributed by atoms with E-state index in [2.05, 4.69) is 21.2 Å². The van der Waals surface area contributed by atoms with Gasteiger partial charge in [-0.25, -0.2) is 4.98 Å². The molecule has 2 N–H and O–H groups in total. The SMILES string of the molecule is C#CCCNCc1cnc(C)[nH]1. The Kier molecular flexibility index (Phi) is 3.36. The predicted molar refractivity (Wildman–Crippen MR) is 48.5 cm³/mol. The fraction of sp³-hybridized carbons (Fsp3) is 0.444. The number of imidazole rings is 1. The number of hydrogen-bond acceptors (Lipinski definition) is 2. The largest absolute Gasteiger partial charge is 0.345 e. The lowest BCUT2D eigenvalue weighted by atomic mass is 10.4. The van der Waals surface area contributed by atoms with Crippen molar-refractivity contribution in [3.63, 3.8) is 0 Å². The van der Waals surface area contributed by atoms with Gasteiger partial charge in [0.2, 0.25) is 0 Å². The maximum Gasteiger partial charge on any atom is 0.103 e. The van der Waals surface area contributed by atoms with Crippen molar-refractivity contribution in [2.24, 2.45) is 0 Å². The lowest BCUT2D eigenvalue weighted by Crippen LogP contribution is -2.14. The number of H-pyrrole nitrogens is 1. The van der Waals surface area contributed by atoms with Crippen LogP contribution in [-0.2, 0) is 6.54 Å². The van der Waals surface area contributed by atoms with Crippen molar-refractivity contribution in [3.05, 3.63) is 17.7 Å². The zero-order chi connectivity index (χ0) is 8.81. The number of rotatable bonds is 4. The molecule has 0 unspecified atom stereocenters. The second kappa shape index (κ2) is 4.58. The van der Waals surface area contributed by atoms with E-state index in [0.717, 1.165) is 31.0 Å². The van der Waals surface area contributed by atoms with Gasteiger partial charge in [-0.1, -0.05) is 0 Å². The summed E-state index contributed by atoms with van der Waals surface area (Å²) < 4.78 is 0. The number of aromatic amines is 1. The van der Waals surface area contributed by atoms with Crippen LogP contribution in [0.3, 0.4) is 0 Å². The van der Waals surface area contributed by atoms with E-state index in [4.69, 9.17) is 6.42 Å². The summed E-state index contributed by atoms with van der Waals surface area (Å²) >= 11 is 0. The highest BCUT2D eigenvalue weighted by Gasteiger charge is 1.94. The molecule has 1 aromatic rings. The molecule has 0 saturated carbocycles. The van der Waals surface area contributed by atoms with Gasteiger partial charge in [0.25, 0.3) is 0 Å². The third-order valence-corrected chi connectivity index (χ3v) is 1.52. The van der Waals surface area contributed by atoms with Crippen molar-refractivity contribution in [1.29, 1.82) is 0 Å². The van der Waals surface area contributed by atoms with Crippen molar-refractivity contribution in [2.75, 3.05) is 6.54 Å². The summed E-state index contributed by atoms with van der Waals surface area (Å²) in [6, 6.07) is 0. The molecule has 12 heavy (non-hydrogen) atoms. The van der Waals surface area contributed by atoms with Gasteiger partial charge >= 0.3 is 0 Å². The summed E-state index contributed by atoms with van der Waals surface area (Å²) in [5, 5.41) is 3.20. The maximum absolute atomic E-state index is 5.10. The number of aromatic nitrogens is 2. The Morgan fingerprint density at radius 1 is 1.75 bits per heavy atom. The van der Waals surface area contributed by atoms with E-state index < -0.39 is 0 Å². The molecule has 0 fully saturated rings. The molecule has 0 bridgehead atoms. The highest BCUT2D eigenvalue weighted by molar-refractivity contribution is 4.99. The molecule has 0 aromatic carbocycles. The topological polar surface area (TPSA) is 40.7 Å². The fourth-order valence-electron chi connectivity index (χ4n) is 0.945. The Labute approximate surface area is 72.6 Å². The van der Waals surface area contributed by atoms with Gasteiger partial charge in [0, 0.05) is 31.4 Å². The summed E-state index contributed by atoms with van der Waals surface area (Å²) in [6.45, 7) is 3.60. The first-order valence-corrected chi connectivity index (χ1v) is 3.97. The lowest BCUT2D eigenvalue weighted by molar-refractivity contribution is 0.690. The second-order valence-electron chi connectivity index (χ2n) is 2.62. The van der Waals surface area contributed by atoms with Crippen molar-refractivity contribution in [1.82, 2.24) is 15.3 Å². The molecule has 0 atom stereocenters. The van der Waals surface area contributed by atoms with E-state index in [9.17, 15) is 0 Å². The van der Waals surface area contributed by atoms with E-state index in [-0.39, 0.29) is 0 Å². The molecule has 3 heteroatoms. The van der Waals surface area contributed by atoms with Gasteiger partial charge in [0.1, 0.15) is 5.82 Å². The third-order valence-electron chi connectivity index (χ3n) is 1.52. The van der Waals surface area contributed by atoms with E-state index in [1.807, 2.05) is 13.1 Å². The first kappa shape index (κ1) is 8.82. The molecule has 0 saturated heterocycles. The summed E-state index contributed by atoms with van der Waals surface area (Å²) in [5.74, 6) is 3.52. The molecule has 0 amide bonds. The lowest BCUT2D eigenvalue weighted by Gasteiger charge is -1.98. The van der Waals surface area contributed by atoms with E-state index in [1.54, 1.807) is 0 Å². The van der Waals surface area contributed by atoms with E-state index in [0.29, 0.717) is 0 Å². The zero-order valence-electron chi connectivity index (χ0n) is 7.22. The number of terminal acetylenes is 1. The molecule has 0 radical (unpaired) electrons. The van der Waals surface area contributed by atoms with Crippen molar-refractivity contribution < 1.29 is 0 Å². The van der Waals surface area contributed by atoms with Gasteiger partial charge < -0.3 is 10.3 Å². The van der Waals surface area contributed by atoms with Crippen LogP contribution in [0.2, 0.25) is 0 Å². The van der Waals surface area contributed by atoms with Gasteiger partial charge in [-0.3, -0.25) is 0 Å². The predicted octanol–water partition coefficient (Wildman–Crippen LogP) is 0.831. The molecule has 0 aliphatic rings. The molecule has 0 aliphatic carbocycles. The van der Waals surface area contributed by atoms with Crippen LogP contribution in [0.15, 0.2) is 6.20 Å². The van der Waals surface area contributed by atoms with Crippen LogP contribution in [0.25, 0.3) is 0 Å². The van der Waals surface area contributed by atoms with Crippen LogP contribution >= 0.6 is 0 Å². The van der Waals surface area contributed by atoms with Gasteiger partial charge in [-0.15, -0.1) is 12.3 Å². The monoisotopic (exact) mass is 163 g/mol. The van der Waals surface area contributed by atoms with Crippen LogP contribution in [0, 0.1) is 19.3 Å². The molecular formula is C9H13N3. The molecule has 1 aromatic heterocycles. The molecule has 0 aliphatic heterocycles. The van der Waals surface area contributed by atoms with Gasteiger partial charge in [0.15, 0.2) is 0 Å². The smallest absolute Gasteiger partial charge is 0.103 e. The molecule has 64 valence electrons. The fourth-order valence-corrected chi connectivity index (χ4v) is 0.945. The van der Waals surface area contributed by atoms with Crippen LogP contribution in [0.5, 0.6) is 0 Å². The zero-order valence-corrected chi connectivity index (χ0v) is 7.22. The first-order valence-electron chi connectivity index (χ1n) is 3.97. The Morgan fingerprint density at radius 2 is 2.58 bits per heavy atom.